The maximum absolute atomic E-state index is 12.5. The van der Waals surface area contributed by atoms with Crippen LogP contribution in [-0.2, 0) is 20.6 Å². The minimum absolute atomic E-state index is 0. The number of halogens is 1. The van der Waals surface area contributed by atoms with Gasteiger partial charge in [-0.05, 0) is 18.9 Å². The number of carbonyl (C=O) groups is 1. The van der Waals surface area contributed by atoms with E-state index in [2.05, 4.69) is 0 Å². The molecular weight excluding hydrogens is 350 g/mol. The summed E-state index contributed by atoms with van der Waals surface area (Å²) < 4.78 is 26.4. The molecule has 1 aliphatic heterocycles. The van der Waals surface area contributed by atoms with Gasteiger partial charge in [-0.1, -0.05) is 30.3 Å². The molecule has 1 amide bonds. The third kappa shape index (κ3) is 6.05. The van der Waals surface area contributed by atoms with Crippen LogP contribution in [0.5, 0.6) is 0 Å². The van der Waals surface area contributed by atoms with Gasteiger partial charge >= 0.3 is 0 Å². The fourth-order valence-corrected chi connectivity index (χ4v) is 4.12. The molecule has 2 N–H and O–H groups in total. The number of amides is 1. The van der Waals surface area contributed by atoms with Crippen molar-refractivity contribution in [1.82, 2.24) is 9.21 Å². The van der Waals surface area contributed by atoms with Crippen molar-refractivity contribution in [2.75, 3.05) is 26.2 Å². The van der Waals surface area contributed by atoms with Gasteiger partial charge in [0.25, 0.3) is 0 Å². The molecule has 0 bridgehead atoms. The molecule has 8 heteroatoms. The number of piperazine rings is 1. The zero-order chi connectivity index (χ0) is 16.9. The molecule has 1 atom stereocenters. The molecule has 1 heterocycles. The van der Waals surface area contributed by atoms with Gasteiger partial charge in [0.15, 0.2) is 0 Å². The van der Waals surface area contributed by atoms with Gasteiger partial charge in [-0.25, -0.2) is 8.42 Å². The van der Waals surface area contributed by atoms with Crippen molar-refractivity contribution in [3.05, 3.63) is 35.9 Å². The summed E-state index contributed by atoms with van der Waals surface area (Å²) in [5.41, 5.74) is 6.44. The number of hydrogen-bond donors (Lipinski definition) is 1. The molecule has 1 saturated heterocycles. The molecule has 1 aromatic rings. The van der Waals surface area contributed by atoms with Gasteiger partial charge in [0.05, 0.1) is 5.75 Å². The summed E-state index contributed by atoms with van der Waals surface area (Å²) in [6.45, 7) is 3.50. The highest BCUT2D eigenvalue weighted by atomic mass is 35.5. The molecule has 1 aromatic carbocycles. The molecule has 2 rings (SSSR count). The second-order valence-corrected chi connectivity index (χ2v) is 8.01. The van der Waals surface area contributed by atoms with Crippen LogP contribution in [0.3, 0.4) is 0 Å². The first-order valence-electron chi connectivity index (χ1n) is 7.93. The van der Waals surface area contributed by atoms with Crippen molar-refractivity contribution in [2.24, 2.45) is 5.73 Å². The second-order valence-electron chi connectivity index (χ2n) is 6.04. The summed E-state index contributed by atoms with van der Waals surface area (Å²) in [7, 11) is -3.34. The average molecular weight is 376 g/mol. The second kappa shape index (κ2) is 9.36. The summed E-state index contributed by atoms with van der Waals surface area (Å²) >= 11 is 0. The standard InChI is InChI=1S/C16H25N3O3S.ClH/c1-14(17)7-8-16(20)18-9-11-19(12-10-18)23(21,22)13-15-5-3-2-4-6-15;/h2-6,14H,7-13,17H2,1H3;1H. The Morgan fingerprint density at radius 1 is 1.17 bits per heavy atom. The molecule has 136 valence electrons. The van der Waals surface area contributed by atoms with Crippen LogP contribution in [0.15, 0.2) is 30.3 Å². The van der Waals surface area contributed by atoms with E-state index in [1.807, 2.05) is 37.3 Å². The minimum atomic E-state index is -3.34. The SMILES string of the molecule is CC(N)CCC(=O)N1CCN(S(=O)(=O)Cc2ccccc2)CC1.Cl. The maximum Gasteiger partial charge on any atom is 0.222 e. The van der Waals surface area contributed by atoms with Crippen LogP contribution in [0, 0.1) is 0 Å². The number of rotatable bonds is 6. The van der Waals surface area contributed by atoms with Gasteiger partial charge in [-0.2, -0.15) is 4.31 Å². The van der Waals surface area contributed by atoms with Crippen LogP contribution >= 0.6 is 12.4 Å². The molecule has 0 spiro atoms. The Hall–Kier alpha value is -1.15. The van der Waals surface area contributed by atoms with E-state index < -0.39 is 10.0 Å². The highest BCUT2D eigenvalue weighted by Crippen LogP contribution is 2.14. The first-order chi connectivity index (χ1) is 10.9. The Morgan fingerprint density at radius 3 is 2.29 bits per heavy atom. The highest BCUT2D eigenvalue weighted by molar-refractivity contribution is 7.88. The van der Waals surface area contributed by atoms with Gasteiger partial charge in [0.2, 0.25) is 15.9 Å². The van der Waals surface area contributed by atoms with E-state index in [0.717, 1.165) is 5.56 Å². The van der Waals surface area contributed by atoms with E-state index >= 15 is 0 Å². The van der Waals surface area contributed by atoms with Gasteiger partial charge in [-0.3, -0.25) is 4.79 Å². The molecular formula is C16H26ClN3O3S. The fourth-order valence-electron chi connectivity index (χ4n) is 2.60. The van der Waals surface area contributed by atoms with E-state index in [1.54, 1.807) is 4.90 Å². The first-order valence-corrected chi connectivity index (χ1v) is 9.54. The molecule has 0 radical (unpaired) electrons. The minimum Gasteiger partial charge on any atom is -0.340 e. The smallest absolute Gasteiger partial charge is 0.222 e. The first kappa shape index (κ1) is 20.9. The molecule has 24 heavy (non-hydrogen) atoms. The summed E-state index contributed by atoms with van der Waals surface area (Å²) in [6, 6.07) is 9.16. The molecule has 0 saturated carbocycles. The van der Waals surface area contributed by atoms with Gasteiger partial charge in [0.1, 0.15) is 0 Å². The number of hydrogen-bond acceptors (Lipinski definition) is 4. The van der Waals surface area contributed by atoms with E-state index in [1.165, 1.54) is 4.31 Å². The van der Waals surface area contributed by atoms with Gasteiger partial charge < -0.3 is 10.6 Å². The topological polar surface area (TPSA) is 83.7 Å². The monoisotopic (exact) mass is 375 g/mol. The lowest BCUT2D eigenvalue weighted by atomic mass is 10.2. The van der Waals surface area contributed by atoms with Crippen molar-refractivity contribution in [3.63, 3.8) is 0 Å². The van der Waals surface area contributed by atoms with Crippen LogP contribution in [0.2, 0.25) is 0 Å². The predicted molar refractivity (Wildman–Crippen MR) is 97.4 cm³/mol. The van der Waals surface area contributed by atoms with Crippen molar-refractivity contribution >= 4 is 28.3 Å². The Balaban J connectivity index is 0.00000288. The lowest BCUT2D eigenvalue weighted by Gasteiger charge is -2.34. The zero-order valence-electron chi connectivity index (χ0n) is 13.9. The number of nitrogens with zero attached hydrogens (tertiary/aromatic N) is 2. The molecule has 1 aliphatic rings. The molecule has 0 aromatic heterocycles. The van der Waals surface area contributed by atoms with Gasteiger partial charge in [-0.15, -0.1) is 12.4 Å². The summed E-state index contributed by atoms with van der Waals surface area (Å²) in [4.78, 5) is 13.8. The number of benzene rings is 1. The third-order valence-corrected chi connectivity index (χ3v) is 5.84. The predicted octanol–water partition coefficient (Wildman–Crippen LogP) is 1.21. The van der Waals surface area contributed by atoms with Crippen LogP contribution < -0.4 is 5.73 Å². The third-order valence-electron chi connectivity index (χ3n) is 3.99. The normalized spacial score (nSPS) is 17.2. The Kier molecular flexibility index (Phi) is 8.15. The van der Waals surface area contributed by atoms with Crippen molar-refractivity contribution < 1.29 is 13.2 Å². The van der Waals surface area contributed by atoms with Crippen LogP contribution in [-0.4, -0.2) is 55.8 Å². The van der Waals surface area contributed by atoms with Crippen molar-refractivity contribution in [3.8, 4) is 0 Å². The summed E-state index contributed by atoms with van der Waals surface area (Å²) in [6.07, 6.45) is 1.08. The van der Waals surface area contributed by atoms with Crippen LogP contribution in [0.4, 0.5) is 0 Å². The highest BCUT2D eigenvalue weighted by Gasteiger charge is 2.28. The lowest BCUT2D eigenvalue weighted by molar-refractivity contribution is -0.132. The van der Waals surface area contributed by atoms with E-state index in [-0.39, 0.29) is 30.1 Å². The number of nitrogens with two attached hydrogens (primary N) is 1. The zero-order valence-corrected chi connectivity index (χ0v) is 15.6. The average Bonchev–Trinajstić information content (AvgIpc) is 2.53. The molecule has 6 nitrogen and oxygen atoms in total. The van der Waals surface area contributed by atoms with Crippen molar-refractivity contribution in [1.29, 1.82) is 0 Å². The fraction of sp³-hybridized carbons (Fsp3) is 0.562. The lowest BCUT2D eigenvalue weighted by Crippen LogP contribution is -2.50. The van der Waals surface area contributed by atoms with Crippen molar-refractivity contribution in [2.45, 2.75) is 31.6 Å². The molecule has 1 unspecified atom stereocenters. The van der Waals surface area contributed by atoms with E-state index in [0.29, 0.717) is 39.0 Å². The van der Waals surface area contributed by atoms with E-state index in [4.69, 9.17) is 5.73 Å². The Bertz CT molecular complexity index is 615. The van der Waals surface area contributed by atoms with Crippen LogP contribution in [0.1, 0.15) is 25.3 Å². The summed E-state index contributed by atoms with van der Waals surface area (Å²) in [5, 5.41) is 0. The van der Waals surface area contributed by atoms with Gasteiger partial charge in [0, 0.05) is 38.6 Å². The molecule has 1 fully saturated rings. The van der Waals surface area contributed by atoms with E-state index in [9.17, 15) is 13.2 Å². The largest absolute Gasteiger partial charge is 0.340 e. The Labute approximate surface area is 150 Å². The molecule has 0 aliphatic carbocycles. The quantitative estimate of drug-likeness (QED) is 0.810. The Morgan fingerprint density at radius 2 is 1.75 bits per heavy atom. The number of carbonyl (C=O) groups excluding carboxylic acids is 1. The maximum atomic E-state index is 12.5. The summed E-state index contributed by atoms with van der Waals surface area (Å²) in [5.74, 6) is 0.0642. The number of sulfonamides is 1. The van der Waals surface area contributed by atoms with Crippen LogP contribution in [0.25, 0.3) is 0 Å².